The van der Waals surface area contributed by atoms with Crippen molar-refractivity contribution in [2.75, 3.05) is 13.2 Å². The third kappa shape index (κ3) is 6.20. The summed E-state index contributed by atoms with van der Waals surface area (Å²) in [5, 5.41) is 0. The molecule has 0 aromatic heterocycles. The Morgan fingerprint density at radius 3 is 2.39 bits per heavy atom. The van der Waals surface area contributed by atoms with Crippen LogP contribution in [0.3, 0.4) is 0 Å². The maximum absolute atomic E-state index is 12.1. The summed E-state index contributed by atoms with van der Waals surface area (Å²) in [6, 6.07) is 0. The van der Waals surface area contributed by atoms with Crippen LogP contribution in [0.5, 0.6) is 0 Å². The van der Waals surface area contributed by atoms with E-state index < -0.39 is 23.8 Å². The predicted molar refractivity (Wildman–Crippen MR) is 59.9 cm³/mol. The molecule has 0 rings (SSSR count). The van der Waals surface area contributed by atoms with Crippen LogP contribution in [0, 0.1) is 0 Å². The molecule has 0 aliphatic heterocycles. The Labute approximate surface area is 105 Å². The van der Waals surface area contributed by atoms with Crippen molar-refractivity contribution in [2.45, 2.75) is 51.4 Å². The fourth-order valence-corrected chi connectivity index (χ4v) is 1.19. The summed E-state index contributed by atoms with van der Waals surface area (Å²) in [5.74, 6) is -0.561. The summed E-state index contributed by atoms with van der Waals surface area (Å²) in [5.41, 5.74) is 4.50. The molecule has 0 aromatic carbocycles. The zero-order valence-corrected chi connectivity index (χ0v) is 10.8. The molecule has 0 aromatic rings. The van der Waals surface area contributed by atoms with Crippen molar-refractivity contribution in [2.24, 2.45) is 5.73 Å². The lowest BCUT2D eigenvalue weighted by Gasteiger charge is -2.22. The molecule has 2 unspecified atom stereocenters. The second-order valence-electron chi connectivity index (χ2n) is 4.30. The van der Waals surface area contributed by atoms with Crippen molar-refractivity contribution in [3.8, 4) is 0 Å². The lowest BCUT2D eigenvalue weighted by molar-refractivity contribution is -0.214. The number of esters is 1. The molecule has 18 heavy (non-hydrogen) atoms. The first-order valence-corrected chi connectivity index (χ1v) is 5.75. The highest BCUT2D eigenvalue weighted by molar-refractivity contribution is 5.79. The van der Waals surface area contributed by atoms with E-state index in [0.717, 1.165) is 6.92 Å². The molecule has 108 valence electrons. The zero-order valence-electron chi connectivity index (χ0n) is 10.8. The largest absolute Gasteiger partial charge is 0.465 e. The minimum atomic E-state index is -4.37. The summed E-state index contributed by atoms with van der Waals surface area (Å²) >= 11 is 0. The van der Waals surface area contributed by atoms with Gasteiger partial charge in [-0.2, -0.15) is 13.2 Å². The highest BCUT2D eigenvalue weighted by atomic mass is 19.4. The molecular formula is C11H20F3NO3. The molecule has 2 N–H and O–H groups in total. The number of carbonyl (C=O) groups is 1. The average Bonchev–Trinajstić information content (AvgIpc) is 2.23. The first-order chi connectivity index (χ1) is 8.11. The van der Waals surface area contributed by atoms with E-state index in [1.807, 2.05) is 0 Å². The molecular weight excluding hydrogens is 251 g/mol. The molecule has 0 aliphatic rings. The van der Waals surface area contributed by atoms with Crippen LogP contribution in [0.2, 0.25) is 0 Å². The summed E-state index contributed by atoms with van der Waals surface area (Å²) in [7, 11) is 0. The number of carbonyl (C=O) groups excluding carboxylic acids is 1. The zero-order chi connectivity index (χ0) is 14.4. The minimum absolute atomic E-state index is 0.104. The Morgan fingerprint density at radius 2 is 1.94 bits per heavy atom. The SMILES string of the molecule is CCOC(=O)C(C)(N)CCCOC(C)C(F)(F)F. The van der Waals surface area contributed by atoms with Crippen LogP contribution in [-0.4, -0.2) is 37.0 Å². The number of nitrogens with two attached hydrogens (primary N) is 1. The van der Waals surface area contributed by atoms with Crippen LogP contribution >= 0.6 is 0 Å². The van der Waals surface area contributed by atoms with Crippen molar-refractivity contribution in [3.05, 3.63) is 0 Å². The smallest absolute Gasteiger partial charge is 0.414 e. The number of hydrogen-bond acceptors (Lipinski definition) is 4. The van der Waals surface area contributed by atoms with Gasteiger partial charge in [0.2, 0.25) is 0 Å². The van der Waals surface area contributed by atoms with Crippen LogP contribution in [0.1, 0.15) is 33.6 Å². The summed E-state index contributed by atoms with van der Waals surface area (Å²) in [4.78, 5) is 11.4. The van der Waals surface area contributed by atoms with Gasteiger partial charge in [0.25, 0.3) is 0 Å². The molecule has 0 fully saturated rings. The van der Waals surface area contributed by atoms with Crippen LogP contribution in [0.4, 0.5) is 13.2 Å². The van der Waals surface area contributed by atoms with Crippen LogP contribution in [-0.2, 0) is 14.3 Å². The Morgan fingerprint density at radius 1 is 1.39 bits per heavy atom. The number of alkyl halides is 3. The molecule has 0 aliphatic carbocycles. The van der Waals surface area contributed by atoms with E-state index in [4.69, 9.17) is 10.5 Å². The van der Waals surface area contributed by atoms with Gasteiger partial charge in [-0.25, -0.2) is 0 Å². The van der Waals surface area contributed by atoms with Crippen molar-refractivity contribution in [3.63, 3.8) is 0 Å². The first-order valence-electron chi connectivity index (χ1n) is 5.75. The van der Waals surface area contributed by atoms with Crippen LogP contribution < -0.4 is 5.73 Å². The van der Waals surface area contributed by atoms with Gasteiger partial charge in [0.15, 0.2) is 6.10 Å². The van der Waals surface area contributed by atoms with E-state index in [0.29, 0.717) is 0 Å². The Hall–Kier alpha value is -0.820. The summed E-state index contributed by atoms with van der Waals surface area (Å²) in [6.07, 6.45) is -5.72. The molecule has 7 heteroatoms. The molecule has 0 radical (unpaired) electrons. The van der Waals surface area contributed by atoms with Crippen molar-refractivity contribution >= 4 is 5.97 Å². The van der Waals surface area contributed by atoms with Crippen molar-refractivity contribution < 1.29 is 27.4 Å². The number of rotatable bonds is 7. The van der Waals surface area contributed by atoms with Gasteiger partial charge in [-0.15, -0.1) is 0 Å². The van der Waals surface area contributed by atoms with Gasteiger partial charge in [0.05, 0.1) is 6.61 Å². The summed E-state index contributed by atoms with van der Waals surface area (Å²) < 4.78 is 45.7. The van der Waals surface area contributed by atoms with Gasteiger partial charge in [0.1, 0.15) is 5.54 Å². The standard InChI is InChI=1S/C11H20F3NO3/c1-4-17-9(16)10(3,15)6-5-7-18-8(2)11(12,13)14/h8H,4-7,15H2,1-3H3. The molecule has 2 atom stereocenters. The topological polar surface area (TPSA) is 61.5 Å². The molecule has 0 saturated heterocycles. The van der Waals surface area contributed by atoms with Gasteiger partial charge in [-0.1, -0.05) is 0 Å². The molecule has 0 saturated carbocycles. The van der Waals surface area contributed by atoms with Gasteiger partial charge in [0, 0.05) is 6.61 Å². The molecule has 0 heterocycles. The maximum atomic E-state index is 12.1. The monoisotopic (exact) mass is 271 g/mol. The summed E-state index contributed by atoms with van der Waals surface area (Å²) in [6.45, 7) is 4.19. The molecule has 0 bridgehead atoms. The Balaban J connectivity index is 3.94. The van der Waals surface area contributed by atoms with E-state index in [-0.39, 0.29) is 26.1 Å². The van der Waals surface area contributed by atoms with E-state index >= 15 is 0 Å². The number of hydrogen-bond donors (Lipinski definition) is 1. The average molecular weight is 271 g/mol. The van der Waals surface area contributed by atoms with E-state index in [9.17, 15) is 18.0 Å². The normalized spacial score (nSPS) is 17.1. The van der Waals surface area contributed by atoms with Crippen molar-refractivity contribution in [1.29, 1.82) is 0 Å². The minimum Gasteiger partial charge on any atom is -0.465 e. The third-order valence-electron chi connectivity index (χ3n) is 2.41. The second kappa shape index (κ2) is 6.94. The van der Waals surface area contributed by atoms with Crippen molar-refractivity contribution in [1.82, 2.24) is 0 Å². The Kier molecular flexibility index (Phi) is 6.62. The molecule has 0 spiro atoms. The quantitative estimate of drug-likeness (QED) is 0.568. The molecule has 0 amide bonds. The lowest BCUT2D eigenvalue weighted by Crippen LogP contribution is -2.46. The lowest BCUT2D eigenvalue weighted by atomic mass is 9.98. The van der Waals surface area contributed by atoms with E-state index in [1.54, 1.807) is 6.92 Å². The first kappa shape index (κ1) is 17.2. The number of ether oxygens (including phenoxy) is 2. The van der Waals surface area contributed by atoms with Gasteiger partial charge < -0.3 is 15.2 Å². The van der Waals surface area contributed by atoms with Crippen LogP contribution in [0.25, 0.3) is 0 Å². The van der Waals surface area contributed by atoms with Crippen LogP contribution in [0.15, 0.2) is 0 Å². The van der Waals surface area contributed by atoms with Gasteiger partial charge >= 0.3 is 12.1 Å². The fraction of sp³-hybridized carbons (Fsp3) is 0.909. The number of halogens is 3. The fourth-order valence-electron chi connectivity index (χ4n) is 1.19. The van der Waals surface area contributed by atoms with E-state index in [2.05, 4.69) is 4.74 Å². The molecule has 4 nitrogen and oxygen atoms in total. The second-order valence-corrected chi connectivity index (χ2v) is 4.30. The highest BCUT2D eigenvalue weighted by Gasteiger charge is 2.37. The highest BCUT2D eigenvalue weighted by Crippen LogP contribution is 2.22. The van der Waals surface area contributed by atoms with Gasteiger partial charge in [-0.05, 0) is 33.6 Å². The predicted octanol–water partition coefficient (Wildman–Crippen LogP) is 2.01. The van der Waals surface area contributed by atoms with E-state index in [1.165, 1.54) is 6.92 Å². The maximum Gasteiger partial charge on any atom is 0.414 e. The Bertz CT molecular complexity index is 267. The van der Waals surface area contributed by atoms with Gasteiger partial charge in [-0.3, -0.25) is 4.79 Å². The third-order valence-corrected chi connectivity index (χ3v) is 2.41.